The third kappa shape index (κ3) is 5.58. The molecule has 0 aliphatic rings. The van der Waals surface area contributed by atoms with E-state index < -0.39 is 29.3 Å². The van der Waals surface area contributed by atoms with Crippen LogP contribution >= 0.6 is 0 Å². The number of amides is 1. The molecule has 0 aliphatic carbocycles. The van der Waals surface area contributed by atoms with Crippen molar-refractivity contribution in [3.63, 3.8) is 0 Å². The standard InChI is InChI=1S/C28H34N2O6/c1-7-28(8-2,19-10-12-21(17(3)13-19)35-16-23(31)27(4,5)6)26-30-20-14-18(9-11-22(20)36-26)25(34)29-15-24(32)33/h9-14H,7-8,15-16H2,1-6H3,(H,29,34)(H,32,33). The van der Waals surface area contributed by atoms with Crippen LogP contribution in [0.2, 0.25) is 0 Å². The molecule has 0 spiro atoms. The summed E-state index contributed by atoms with van der Waals surface area (Å²) in [7, 11) is 0. The summed E-state index contributed by atoms with van der Waals surface area (Å²) in [6.07, 6.45) is 1.45. The van der Waals surface area contributed by atoms with Crippen LogP contribution in [0.15, 0.2) is 40.8 Å². The molecule has 0 aliphatic heterocycles. The molecule has 0 unspecified atom stereocenters. The third-order valence-corrected chi connectivity index (χ3v) is 6.59. The maximum atomic E-state index is 12.3. The number of carbonyl (C=O) groups is 3. The van der Waals surface area contributed by atoms with Crippen LogP contribution in [-0.4, -0.2) is 40.9 Å². The minimum absolute atomic E-state index is 0.0177. The fourth-order valence-corrected chi connectivity index (χ4v) is 4.08. The molecule has 1 amide bonds. The Bertz CT molecular complexity index is 1280. The van der Waals surface area contributed by atoms with Gasteiger partial charge in [0.05, 0.1) is 5.41 Å². The molecule has 8 nitrogen and oxygen atoms in total. The number of oxazole rings is 1. The summed E-state index contributed by atoms with van der Waals surface area (Å²) in [5, 5.41) is 11.1. The molecule has 192 valence electrons. The zero-order valence-electron chi connectivity index (χ0n) is 21.7. The number of aliphatic carboxylic acids is 1. The van der Waals surface area contributed by atoms with Crippen molar-refractivity contribution in [1.29, 1.82) is 0 Å². The largest absolute Gasteiger partial charge is 0.486 e. The highest BCUT2D eigenvalue weighted by atomic mass is 16.5. The number of rotatable bonds is 10. The van der Waals surface area contributed by atoms with Gasteiger partial charge in [0.1, 0.15) is 24.4 Å². The van der Waals surface area contributed by atoms with Crippen molar-refractivity contribution in [1.82, 2.24) is 10.3 Å². The third-order valence-electron chi connectivity index (χ3n) is 6.59. The van der Waals surface area contributed by atoms with E-state index in [1.165, 1.54) is 0 Å². The highest BCUT2D eigenvalue weighted by Gasteiger charge is 2.36. The fourth-order valence-electron chi connectivity index (χ4n) is 4.08. The number of carbonyl (C=O) groups excluding carboxylic acids is 2. The van der Waals surface area contributed by atoms with E-state index in [2.05, 4.69) is 19.2 Å². The van der Waals surface area contributed by atoms with E-state index in [0.717, 1.165) is 24.0 Å². The maximum Gasteiger partial charge on any atom is 0.322 e. The molecule has 2 N–H and O–H groups in total. The number of fused-ring (bicyclic) bond motifs is 1. The SMILES string of the molecule is CCC(CC)(c1ccc(OCC(=O)C(C)(C)C)c(C)c1)c1nc2cc(C(=O)NCC(=O)O)ccc2o1. The van der Waals surface area contributed by atoms with Crippen molar-refractivity contribution >= 4 is 28.8 Å². The zero-order chi connectivity index (χ0) is 26.7. The van der Waals surface area contributed by atoms with Crippen molar-refractivity contribution in [2.24, 2.45) is 5.41 Å². The molecule has 36 heavy (non-hydrogen) atoms. The number of nitrogens with one attached hydrogen (secondary N) is 1. The second-order valence-electron chi connectivity index (χ2n) is 10.0. The molecule has 3 aromatic rings. The summed E-state index contributed by atoms with van der Waals surface area (Å²) < 4.78 is 12.0. The Kier molecular flexibility index (Phi) is 7.86. The van der Waals surface area contributed by atoms with E-state index in [1.54, 1.807) is 18.2 Å². The Hall–Kier alpha value is -3.68. The molecule has 0 saturated heterocycles. The lowest BCUT2D eigenvalue weighted by atomic mass is 9.75. The van der Waals surface area contributed by atoms with Gasteiger partial charge in [-0.05, 0) is 55.2 Å². The van der Waals surface area contributed by atoms with Gasteiger partial charge in [-0.3, -0.25) is 14.4 Å². The lowest BCUT2D eigenvalue weighted by molar-refractivity contribution is -0.135. The van der Waals surface area contributed by atoms with Crippen LogP contribution in [0.5, 0.6) is 5.75 Å². The van der Waals surface area contributed by atoms with Crippen molar-refractivity contribution in [3.05, 3.63) is 59.0 Å². The first-order chi connectivity index (χ1) is 16.9. The van der Waals surface area contributed by atoms with E-state index in [1.807, 2.05) is 45.9 Å². The number of Topliss-reactive ketones (excluding diaryl/α,β-unsaturated/α-hetero) is 1. The van der Waals surface area contributed by atoms with Gasteiger partial charge in [-0.25, -0.2) is 4.98 Å². The monoisotopic (exact) mass is 494 g/mol. The molecule has 2 aromatic carbocycles. The first-order valence-electron chi connectivity index (χ1n) is 12.1. The average Bonchev–Trinajstić information content (AvgIpc) is 3.26. The first kappa shape index (κ1) is 26.9. The van der Waals surface area contributed by atoms with Crippen molar-refractivity contribution < 1.29 is 28.6 Å². The van der Waals surface area contributed by atoms with Crippen LogP contribution < -0.4 is 10.1 Å². The molecule has 0 atom stereocenters. The summed E-state index contributed by atoms with van der Waals surface area (Å²) in [6, 6.07) is 10.8. The maximum absolute atomic E-state index is 12.3. The normalized spacial score (nSPS) is 11.9. The molecular weight excluding hydrogens is 460 g/mol. The number of carboxylic acids is 1. The predicted octanol–water partition coefficient (Wildman–Crippen LogP) is 5.05. The van der Waals surface area contributed by atoms with Gasteiger partial charge >= 0.3 is 5.97 Å². The second kappa shape index (κ2) is 10.5. The molecule has 1 heterocycles. The van der Waals surface area contributed by atoms with Crippen LogP contribution in [0.3, 0.4) is 0 Å². The number of carboxylic acid groups (broad SMARTS) is 1. The van der Waals surface area contributed by atoms with Gasteiger partial charge in [0.2, 0.25) is 5.89 Å². The lowest BCUT2D eigenvalue weighted by Crippen LogP contribution is -2.29. The van der Waals surface area contributed by atoms with Gasteiger partial charge in [-0.1, -0.05) is 46.8 Å². The van der Waals surface area contributed by atoms with Gasteiger partial charge in [0.15, 0.2) is 11.4 Å². The van der Waals surface area contributed by atoms with E-state index in [0.29, 0.717) is 28.3 Å². The van der Waals surface area contributed by atoms with Crippen LogP contribution in [0, 0.1) is 12.3 Å². The van der Waals surface area contributed by atoms with E-state index in [9.17, 15) is 14.4 Å². The van der Waals surface area contributed by atoms with Crippen molar-refractivity contribution in [2.75, 3.05) is 13.2 Å². The molecule has 1 aromatic heterocycles. The van der Waals surface area contributed by atoms with Crippen LogP contribution in [-0.2, 0) is 15.0 Å². The molecule has 0 radical (unpaired) electrons. The van der Waals surface area contributed by atoms with Gasteiger partial charge in [0, 0.05) is 11.0 Å². The fraction of sp³-hybridized carbons (Fsp3) is 0.429. The van der Waals surface area contributed by atoms with Crippen LogP contribution in [0.25, 0.3) is 11.1 Å². The Morgan fingerprint density at radius 1 is 1.06 bits per heavy atom. The molecule has 8 heteroatoms. The summed E-state index contributed by atoms with van der Waals surface area (Å²) in [4.78, 5) is 40.0. The number of benzene rings is 2. The van der Waals surface area contributed by atoms with Crippen LogP contribution in [0.4, 0.5) is 0 Å². The number of hydrogen-bond donors (Lipinski definition) is 2. The van der Waals surface area contributed by atoms with Crippen molar-refractivity contribution in [2.45, 2.75) is 59.8 Å². The van der Waals surface area contributed by atoms with E-state index >= 15 is 0 Å². The summed E-state index contributed by atoms with van der Waals surface area (Å²) in [6.45, 7) is 11.3. The lowest BCUT2D eigenvalue weighted by Gasteiger charge is -2.29. The number of aryl methyl sites for hydroxylation is 1. The number of aromatic nitrogens is 1. The predicted molar refractivity (Wildman–Crippen MR) is 136 cm³/mol. The zero-order valence-corrected chi connectivity index (χ0v) is 21.7. The first-order valence-corrected chi connectivity index (χ1v) is 12.1. The summed E-state index contributed by atoms with van der Waals surface area (Å²) in [5.74, 6) is -0.368. The smallest absolute Gasteiger partial charge is 0.322 e. The van der Waals surface area contributed by atoms with E-state index in [-0.39, 0.29) is 12.4 Å². The number of ketones is 1. The van der Waals surface area contributed by atoms with Crippen molar-refractivity contribution in [3.8, 4) is 5.75 Å². The summed E-state index contributed by atoms with van der Waals surface area (Å²) >= 11 is 0. The van der Waals surface area contributed by atoms with Gasteiger partial charge in [-0.15, -0.1) is 0 Å². The Labute approximate surface area is 211 Å². The highest BCUT2D eigenvalue weighted by molar-refractivity contribution is 5.98. The molecule has 0 saturated carbocycles. The topological polar surface area (TPSA) is 119 Å². The number of hydrogen-bond acceptors (Lipinski definition) is 6. The minimum atomic E-state index is -1.11. The van der Waals surface area contributed by atoms with Gasteiger partial charge in [0.25, 0.3) is 5.91 Å². The Morgan fingerprint density at radius 3 is 2.33 bits per heavy atom. The molecular formula is C28H34N2O6. The van der Waals surface area contributed by atoms with E-state index in [4.69, 9.17) is 19.2 Å². The molecule has 0 fully saturated rings. The number of ether oxygens (including phenoxy) is 1. The second-order valence-corrected chi connectivity index (χ2v) is 10.0. The molecule has 3 rings (SSSR count). The summed E-state index contributed by atoms with van der Waals surface area (Å²) in [5.41, 5.74) is 2.34. The minimum Gasteiger partial charge on any atom is -0.486 e. The van der Waals surface area contributed by atoms with Crippen LogP contribution in [0.1, 0.15) is 74.8 Å². The highest BCUT2D eigenvalue weighted by Crippen LogP contribution is 2.41. The van der Waals surface area contributed by atoms with Gasteiger partial charge in [-0.2, -0.15) is 0 Å². The van der Waals surface area contributed by atoms with Gasteiger partial charge < -0.3 is 19.6 Å². The quantitative estimate of drug-likeness (QED) is 0.405. The Morgan fingerprint density at radius 2 is 1.75 bits per heavy atom. The molecule has 0 bridgehead atoms. The number of nitrogens with zero attached hydrogens (tertiary/aromatic N) is 1. The Balaban J connectivity index is 1.92. The average molecular weight is 495 g/mol.